The van der Waals surface area contributed by atoms with Crippen molar-refractivity contribution in [3.63, 3.8) is 0 Å². The summed E-state index contributed by atoms with van der Waals surface area (Å²) in [5.74, 6) is 0.155. The number of nitrogens with one attached hydrogen (secondary N) is 4. The van der Waals surface area contributed by atoms with E-state index in [1.807, 2.05) is 11.5 Å². The molecule has 1 amide bonds. The van der Waals surface area contributed by atoms with Gasteiger partial charge in [0.2, 0.25) is 5.91 Å². The van der Waals surface area contributed by atoms with Crippen LogP contribution in [0.3, 0.4) is 0 Å². The van der Waals surface area contributed by atoms with Gasteiger partial charge in [0.05, 0.1) is 4.90 Å². The Bertz CT molecular complexity index is 1380. The Kier molecular flexibility index (Phi) is 8.81. The molecule has 9 heteroatoms. The maximum Gasteiger partial charge on any atom is 0.246 e. The van der Waals surface area contributed by atoms with E-state index in [-0.39, 0.29) is 16.6 Å². The van der Waals surface area contributed by atoms with Crippen molar-refractivity contribution in [2.45, 2.75) is 49.5 Å². The largest absolute Gasteiger partial charge is 0.374 e. The van der Waals surface area contributed by atoms with Crippen LogP contribution in [0, 0.1) is 11.3 Å². The Balaban J connectivity index is 1.53. The summed E-state index contributed by atoms with van der Waals surface area (Å²) in [6.07, 6.45) is 7.64. The standard InChI is InChI=1S/C29H34N4O4S/c1-38(36,37)27-13-6-5-12-25(27)21-14-16-23(17-15-21)32-29(34)26(18-20-8-3-2-4-9-20)31-24-11-7-10-22(19-24)28(30)33-35/h5-7,10-17,19-20,26,31,35H,2-4,8-9,18H2,1H3,(H2,30,33)(H,32,34)/t26-/m0/s1. The molecule has 0 saturated heterocycles. The van der Waals surface area contributed by atoms with Gasteiger partial charge in [-0.25, -0.2) is 8.42 Å². The molecule has 8 nitrogen and oxygen atoms in total. The fraction of sp³-hybridized carbons (Fsp3) is 0.310. The first-order valence-corrected chi connectivity index (χ1v) is 14.7. The fourth-order valence-electron chi connectivity index (χ4n) is 5.01. The fourth-order valence-corrected chi connectivity index (χ4v) is 5.92. The molecule has 200 valence electrons. The van der Waals surface area contributed by atoms with Crippen LogP contribution >= 0.6 is 0 Å². The molecular weight excluding hydrogens is 500 g/mol. The van der Waals surface area contributed by atoms with E-state index in [0.29, 0.717) is 34.8 Å². The Morgan fingerprint density at radius 1 is 0.974 bits per heavy atom. The number of amides is 1. The van der Waals surface area contributed by atoms with Gasteiger partial charge in [-0.05, 0) is 48.2 Å². The van der Waals surface area contributed by atoms with E-state index in [2.05, 4.69) is 10.6 Å². The van der Waals surface area contributed by atoms with E-state index in [0.717, 1.165) is 18.4 Å². The molecule has 1 aliphatic rings. The summed E-state index contributed by atoms with van der Waals surface area (Å²) in [4.78, 5) is 13.7. The molecule has 0 unspecified atom stereocenters. The Morgan fingerprint density at radius 3 is 2.37 bits per heavy atom. The van der Waals surface area contributed by atoms with Crippen molar-refractivity contribution in [2.24, 2.45) is 5.92 Å². The average Bonchev–Trinajstić information content (AvgIpc) is 2.93. The van der Waals surface area contributed by atoms with Gasteiger partial charge in [-0.15, -0.1) is 0 Å². The second-order valence-corrected chi connectivity index (χ2v) is 11.8. The van der Waals surface area contributed by atoms with Crippen LogP contribution in [0.1, 0.15) is 44.1 Å². The number of benzene rings is 3. The van der Waals surface area contributed by atoms with Crippen LogP contribution in [0.2, 0.25) is 0 Å². The summed E-state index contributed by atoms with van der Waals surface area (Å²) >= 11 is 0. The molecule has 0 aromatic heterocycles. The summed E-state index contributed by atoms with van der Waals surface area (Å²) in [5, 5.41) is 23.3. The summed E-state index contributed by atoms with van der Waals surface area (Å²) in [7, 11) is -3.39. The Labute approximate surface area is 223 Å². The van der Waals surface area contributed by atoms with Gasteiger partial charge in [-0.2, -0.15) is 0 Å². The van der Waals surface area contributed by atoms with E-state index in [9.17, 15) is 13.2 Å². The normalized spacial score (nSPS) is 14.9. The summed E-state index contributed by atoms with van der Waals surface area (Å²) < 4.78 is 24.4. The number of hydroxylamine groups is 1. The molecular formula is C29H34N4O4S. The summed E-state index contributed by atoms with van der Waals surface area (Å²) in [6, 6.07) is 20.6. The molecule has 0 spiro atoms. The van der Waals surface area contributed by atoms with Crippen LogP contribution in [-0.2, 0) is 14.6 Å². The lowest BCUT2D eigenvalue weighted by atomic mass is 9.84. The molecule has 1 atom stereocenters. The topological polar surface area (TPSA) is 131 Å². The quantitative estimate of drug-likeness (QED) is 0.141. The lowest BCUT2D eigenvalue weighted by molar-refractivity contribution is -0.117. The lowest BCUT2D eigenvalue weighted by Crippen LogP contribution is -2.37. The first-order valence-electron chi connectivity index (χ1n) is 12.8. The van der Waals surface area contributed by atoms with Crippen LogP contribution in [0.4, 0.5) is 11.4 Å². The number of amidine groups is 1. The number of hydrogen-bond acceptors (Lipinski definition) is 6. The molecule has 3 aromatic rings. The van der Waals surface area contributed by atoms with Gasteiger partial charge >= 0.3 is 0 Å². The molecule has 1 saturated carbocycles. The Morgan fingerprint density at radius 2 is 1.68 bits per heavy atom. The van der Waals surface area contributed by atoms with Crippen LogP contribution in [0.5, 0.6) is 0 Å². The highest BCUT2D eigenvalue weighted by Gasteiger charge is 2.25. The van der Waals surface area contributed by atoms with Crippen molar-refractivity contribution in [1.29, 1.82) is 5.41 Å². The summed E-state index contributed by atoms with van der Waals surface area (Å²) in [6.45, 7) is 0. The third kappa shape index (κ3) is 6.99. The lowest BCUT2D eigenvalue weighted by Gasteiger charge is -2.27. The molecule has 5 N–H and O–H groups in total. The predicted molar refractivity (Wildman–Crippen MR) is 150 cm³/mol. The van der Waals surface area contributed by atoms with E-state index >= 15 is 0 Å². The van der Waals surface area contributed by atoms with Crippen molar-refractivity contribution >= 4 is 33.0 Å². The highest BCUT2D eigenvalue weighted by atomic mass is 32.2. The van der Waals surface area contributed by atoms with Crippen molar-refractivity contribution in [2.75, 3.05) is 16.9 Å². The van der Waals surface area contributed by atoms with Crippen molar-refractivity contribution in [3.05, 3.63) is 78.4 Å². The molecule has 38 heavy (non-hydrogen) atoms. The zero-order valence-electron chi connectivity index (χ0n) is 21.4. The molecule has 4 rings (SSSR count). The van der Waals surface area contributed by atoms with Crippen LogP contribution in [0.25, 0.3) is 11.1 Å². The maximum atomic E-state index is 13.5. The summed E-state index contributed by atoms with van der Waals surface area (Å²) in [5.41, 5.74) is 5.02. The van der Waals surface area contributed by atoms with Crippen LogP contribution < -0.4 is 16.1 Å². The molecule has 0 aliphatic heterocycles. The number of carbonyl (C=O) groups is 1. The molecule has 3 aromatic carbocycles. The number of carbonyl (C=O) groups excluding carboxylic acids is 1. The van der Waals surface area contributed by atoms with Gasteiger partial charge < -0.3 is 10.6 Å². The minimum atomic E-state index is -3.39. The van der Waals surface area contributed by atoms with Crippen molar-refractivity contribution in [1.82, 2.24) is 5.48 Å². The highest BCUT2D eigenvalue weighted by molar-refractivity contribution is 7.90. The second kappa shape index (κ2) is 12.2. The molecule has 0 radical (unpaired) electrons. The Hall–Kier alpha value is -3.69. The first-order chi connectivity index (χ1) is 18.2. The zero-order valence-corrected chi connectivity index (χ0v) is 22.2. The minimum absolute atomic E-state index is 0.125. The second-order valence-electron chi connectivity index (χ2n) is 9.84. The van der Waals surface area contributed by atoms with E-state index in [1.165, 1.54) is 25.5 Å². The number of sulfone groups is 1. The SMILES string of the molecule is CS(=O)(=O)c1ccccc1-c1ccc(NC(=O)[C@H](CC2CCCCC2)Nc2cccc(C(=N)NO)c2)cc1. The highest BCUT2D eigenvalue weighted by Crippen LogP contribution is 2.30. The molecule has 0 bridgehead atoms. The van der Waals surface area contributed by atoms with Gasteiger partial charge in [0.1, 0.15) is 11.9 Å². The third-order valence-electron chi connectivity index (χ3n) is 6.96. The van der Waals surface area contributed by atoms with Gasteiger partial charge in [-0.3, -0.25) is 20.9 Å². The van der Waals surface area contributed by atoms with Gasteiger partial charge in [0.15, 0.2) is 9.84 Å². The maximum absolute atomic E-state index is 13.5. The van der Waals surface area contributed by atoms with Crippen LogP contribution in [-0.4, -0.2) is 37.7 Å². The van der Waals surface area contributed by atoms with Crippen molar-refractivity contribution in [3.8, 4) is 11.1 Å². The minimum Gasteiger partial charge on any atom is -0.374 e. The van der Waals surface area contributed by atoms with E-state index in [4.69, 9.17) is 10.6 Å². The van der Waals surface area contributed by atoms with Crippen molar-refractivity contribution < 1.29 is 18.4 Å². The van der Waals surface area contributed by atoms with E-state index < -0.39 is 15.9 Å². The van der Waals surface area contributed by atoms with Gasteiger partial charge in [0, 0.05) is 28.8 Å². The third-order valence-corrected chi connectivity index (χ3v) is 8.12. The number of anilines is 2. The molecule has 1 fully saturated rings. The molecule has 1 aliphatic carbocycles. The first kappa shape index (κ1) is 27.3. The number of hydrogen-bond donors (Lipinski definition) is 5. The zero-order chi connectivity index (χ0) is 27.1. The monoisotopic (exact) mass is 534 g/mol. The van der Waals surface area contributed by atoms with E-state index in [1.54, 1.807) is 66.7 Å². The average molecular weight is 535 g/mol. The predicted octanol–water partition coefficient (Wildman–Crippen LogP) is 5.45. The van der Waals surface area contributed by atoms with Gasteiger partial charge in [0.25, 0.3) is 0 Å². The van der Waals surface area contributed by atoms with Crippen LogP contribution in [0.15, 0.2) is 77.7 Å². The number of rotatable bonds is 9. The van der Waals surface area contributed by atoms with Gasteiger partial charge in [-0.1, -0.05) is 74.6 Å². The smallest absolute Gasteiger partial charge is 0.246 e. The molecule has 0 heterocycles.